The Kier molecular flexibility index (Phi) is 11.9. The van der Waals surface area contributed by atoms with E-state index in [1.165, 1.54) is 24.8 Å². The maximum atomic E-state index is 12.2. The number of rotatable bonds is 7. The van der Waals surface area contributed by atoms with Gasteiger partial charge in [0.05, 0.1) is 0 Å². The summed E-state index contributed by atoms with van der Waals surface area (Å²) in [4.78, 5) is 0. The Bertz CT molecular complexity index is 624. The zero-order valence-corrected chi connectivity index (χ0v) is 22.0. The SMILES string of the molecule is CCCCC1(CC(C)(C)N(C)[Si](C)=O)c2ccccc2CC1(C)C.[Cl-].[Cl-].[Ti+4]. The molecule has 2 nitrogen and oxygen atoms in total. The first-order valence-corrected chi connectivity index (χ1v) is 11.3. The van der Waals surface area contributed by atoms with Crippen LogP contribution < -0.4 is 24.8 Å². The second-order valence-electron chi connectivity index (χ2n) is 8.97. The van der Waals surface area contributed by atoms with Crippen molar-refractivity contribution in [3.05, 3.63) is 35.4 Å². The van der Waals surface area contributed by atoms with Gasteiger partial charge in [0.1, 0.15) is 0 Å². The quantitative estimate of drug-likeness (QED) is 0.501. The van der Waals surface area contributed by atoms with Crippen molar-refractivity contribution in [1.82, 2.24) is 4.57 Å². The van der Waals surface area contributed by atoms with Crippen molar-refractivity contribution in [2.75, 3.05) is 7.05 Å². The Balaban J connectivity index is 0. The number of benzene rings is 1. The van der Waals surface area contributed by atoms with Gasteiger partial charge < -0.3 is 33.8 Å². The van der Waals surface area contributed by atoms with E-state index in [2.05, 4.69) is 63.4 Å². The van der Waals surface area contributed by atoms with Gasteiger partial charge in [-0.15, -0.1) is 0 Å². The van der Waals surface area contributed by atoms with E-state index in [0.29, 0.717) is 0 Å². The van der Waals surface area contributed by atoms with Gasteiger partial charge in [-0.05, 0) is 56.2 Å². The summed E-state index contributed by atoms with van der Waals surface area (Å²) in [6.45, 7) is 13.6. The molecule has 6 heteroatoms. The van der Waals surface area contributed by atoms with Gasteiger partial charge in [-0.3, -0.25) is 0 Å². The van der Waals surface area contributed by atoms with Gasteiger partial charge in [0.25, 0.3) is 0 Å². The van der Waals surface area contributed by atoms with Crippen molar-refractivity contribution in [3.63, 3.8) is 0 Å². The molecule has 1 aliphatic carbocycles. The van der Waals surface area contributed by atoms with E-state index in [9.17, 15) is 4.46 Å². The Morgan fingerprint density at radius 1 is 1.19 bits per heavy atom. The van der Waals surface area contributed by atoms with Crippen molar-refractivity contribution in [2.24, 2.45) is 5.41 Å². The Morgan fingerprint density at radius 3 is 2.26 bits per heavy atom. The van der Waals surface area contributed by atoms with Crippen LogP contribution in [0.1, 0.15) is 71.4 Å². The molecule has 1 aromatic carbocycles. The predicted octanol–water partition coefficient (Wildman–Crippen LogP) is -0.649. The minimum atomic E-state index is -1.69. The van der Waals surface area contributed by atoms with E-state index in [1.807, 2.05) is 13.6 Å². The second-order valence-corrected chi connectivity index (χ2v) is 10.7. The molecule has 1 aliphatic rings. The molecule has 0 aliphatic heterocycles. The first-order chi connectivity index (χ1) is 11.1. The van der Waals surface area contributed by atoms with Crippen molar-refractivity contribution >= 4 is 8.84 Å². The second kappa shape index (κ2) is 10.9. The summed E-state index contributed by atoms with van der Waals surface area (Å²) >= 11 is 0. The van der Waals surface area contributed by atoms with E-state index >= 15 is 0 Å². The van der Waals surface area contributed by atoms with Crippen LogP contribution in [0, 0.1) is 5.41 Å². The van der Waals surface area contributed by atoms with Crippen molar-refractivity contribution in [1.29, 1.82) is 0 Å². The smallest absolute Gasteiger partial charge is 1.00 e. The summed E-state index contributed by atoms with van der Waals surface area (Å²) in [5.41, 5.74) is 3.37. The molecule has 150 valence electrons. The molecular weight excluding hydrogens is 429 g/mol. The molecule has 0 heterocycles. The maximum Gasteiger partial charge on any atom is 4.00 e. The number of nitrogens with zero attached hydrogens (tertiary/aromatic N) is 1. The summed E-state index contributed by atoms with van der Waals surface area (Å²) in [5, 5.41) is 0. The zero-order chi connectivity index (χ0) is 18.2. The Morgan fingerprint density at radius 2 is 1.74 bits per heavy atom. The van der Waals surface area contributed by atoms with Crippen LogP contribution in [0.5, 0.6) is 0 Å². The summed E-state index contributed by atoms with van der Waals surface area (Å²) in [6.07, 6.45) is 5.90. The first-order valence-electron chi connectivity index (χ1n) is 9.40. The maximum absolute atomic E-state index is 12.2. The molecule has 0 aromatic heterocycles. The molecule has 1 unspecified atom stereocenters. The summed E-state index contributed by atoms with van der Waals surface area (Å²) in [6, 6.07) is 9.03. The van der Waals surface area contributed by atoms with Gasteiger partial charge in [0, 0.05) is 18.0 Å². The van der Waals surface area contributed by atoms with Crippen LogP contribution in [0.3, 0.4) is 0 Å². The summed E-state index contributed by atoms with van der Waals surface area (Å²) < 4.78 is 14.3. The molecule has 0 saturated heterocycles. The third-order valence-electron chi connectivity index (χ3n) is 6.53. The molecule has 0 fully saturated rings. The van der Waals surface area contributed by atoms with Crippen molar-refractivity contribution in [3.8, 4) is 0 Å². The fourth-order valence-electron chi connectivity index (χ4n) is 4.81. The third-order valence-corrected chi connectivity index (χ3v) is 8.08. The van der Waals surface area contributed by atoms with Gasteiger partial charge in [0.2, 0.25) is 0 Å². The summed E-state index contributed by atoms with van der Waals surface area (Å²) in [5.74, 6) is 0. The first kappa shape index (κ1) is 29.5. The van der Waals surface area contributed by atoms with E-state index in [-0.39, 0.29) is 62.9 Å². The largest absolute Gasteiger partial charge is 4.00 e. The third kappa shape index (κ3) is 5.69. The molecular formula is C21H35Cl2NOSiTi+2. The van der Waals surface area contributed by atoms with Crippen LogP contribution in [0.15, 0.2) is 24.3 Å². The molecule has 0 radical (unpaired) electrons. The zero-order valence-electron chi connectivity index (χ0n) is 18.0. The molecule has 0 amide bonds. The number of hydrogen-bond acceptors (Lipinski definition) is 1. The van der Waals surface area contributed by atoms with E-state index in [1.54, 1.807) is 5.56 Å². The Hall–Kier alpha value is 0.331. The molecule has 1 aromatic rings. The molecule has 1 atom stereocenters. The van der Waals surface area contributed by atoms with Crippen LogP contribution >= 0.6 is 0 Å². The van der Waals surface area contributed by atoms with Crippen LogP contribution in [0.4, 0.5) is 0 Å². The molecule has 0 N–H and O–H groups in total. The van der Waals surface area contributed by atoms with Crippen LogP contribution in [-0.2, 0) is 38.0 Å². The molecule has 0 spiro atoms. The van der Waals surface area contributed by atoms with Gasteiger partial charge >= 0.3 is 30.6 Å². The number of fused-ring (bicyclic) bond motifs is 1. The minimum absolute atomic E-state index is 0. The number of unbranched alkanes of at least 4 members (excludes halogenated alkanes) is 1. The molecule has 0 bridgehead atoms. The average Bonchev–Trinajstić information content (AvgIpc) is 2.71. The van der Waals surface area contributed by atoms with Crippen LogP contribution in [-0.4, -0.2) is 26.0 Å². The van der Waals surface area contributed by atoms with Gasteiger partial charge in [-0.1, -0.05) is 57.9 Å². The Labute approximate surface area is 195 Å². The molecule has 2 rings (SSSR count). The monoisotopic (exact) mass is 463 g/mol. The molecule has 27 heavy (non-hydrogen) atoms. The fraction of sp³-hybridized carbons (Fsp3) is 0.714. The van der Waals surface area contributed by atoms with Gasteiger partial charge in [0.15, 0.2) is 0 Å². The summed E-state index contributed by atoms with van der Waals surface area (Å²) in [7, 11) is 0.343. The average molecular weight is 464 g/mol. The number of halogens is 2. The van der Waals surface area contributed by atoms with Crippen molar-refractivity contribution in [2.45, 2.75) is 84.2 Å². The minimum Gasteiger partial charge on any atom is -1.00 e. The van der Waals surface area contributed by atoms with Crippen LogP contribution in [0.2, 0.25) is 6.55 Å². The van der Waals surface area contributed by atoms with Gasteiger partial charge in [-0.25, -0.2) is 0 Å². The topological polar surface area (TPSA) is 20.3 Å². The predicted molar refractivity (Wildman–Crippen MR) is 104 cm³/mol. The number of hydrogen-bond donors (Lipinski definition) is 0. The van der Waals surface area contributed by atoms with Crippen LogP contribution in [0.25, 0.3) is 0 Å². The van der Waals surface area contributed by atoms with E-state index < -0.39 is 8.84 Å². The molecule has 0 saturated carbocycles. The van der Waals surface area contributed by atoms with E-state index in [0.717, 1.165) is 12.8 Å². The standard InChI is InChI=1S/C21H35NOSi.2ClH.Ti/c1-8-9-14-21(16-20(4,5)22(6)24(7)23)18-13-11-10-12-17(18)15-19(21,2)3;;;/h10-13H,8-9,14-16H2,1-7H3;2*1H;/q;;;+4/p-2. The fourth-order valence-corrected chi connectivity index (χ4v) is 5.74. The normalized spacial score (nSPS) is 19.8. The van der Waals surface area contributed by atoms with Crippen molar-refractivity contribution < 1.29 is 51.0 Å². The van der Waals surface area contributed by atoms with E-state index in [4.69, 9.17) is 0 Å². The van der Waals surface area contributed by atoms with Gasteiger partial charge in [-0.2, -0.15) is 0 Å².